The fraction of sp³-hybridized carbons (Fsp3) is 0.717. The van der Waals surface area contributed by atoms with Gasteiger partial charge in [0.15, 0.2) is 6.29 Å². The number of aliphatic hydroxyl groups excluding tert-OH is 5. The molecule has 396 valence electrons. The van der Waals surface area contributed by atoms with E-state index >= 15 is 0 Å². The second-order valence-electron chi connectivity index (χ2n) is 19.0. The largest absolute Gasteiger partial charge is 0.394 e. The number of allylic oxidation sites excluding steroid dienone is 16. The molecule has 69 heavy (non-hydrogen) atoms. The van der Waals surface area contributed by atoms with Crippen LogP contribution in [0.4, 0.5) is 0 Å². The number of hydrogen-bond donors (Lipinski definition) is 6. The first-order valence-electron chi connectivity index (χ1n) is 27.9. The van der Waals surface area contributed by atoms with Crippen molar-refractivity contribution in [3.8, 4) is 0 Å². The van der Waals surface area contributed by atoms with Crippen LogP contribution in [0.3, 0.4) is 0 Å². The van der Waals surface area contributed by atoms with E-state index in [0.717, 1.165) is 96.3 Å². The number of carbonyl (C=O) groups excluding carboxylic acids is 1. The molecule has 0 radical (unpaired) electrons. The minimum atomic E-state index is -1.56. The molecule has 0 spiro atoms. The van der Waals surface area contributed by atoms with Crippen LogP contribution >= 0.6 is 0 Å². The number of amides is 1. The van der Waals surface area contributed by atoms with Crippen molar-refractivity contribution in [2.45, 2.75) is 262 Å². The van der Waals surface area contributed by atoms with Gasteiger partial charge in [-0.1, -0.05) is 233 Å². The monoisotopic (exact) mass is 966 g/mol. The minimum Gasteiger partial charge on any atom is -0.394 e. The highest BCUT2D eigenvalue weighted by Gasteiger charge is 2.44. The number of unbranched alkanes of at least 4 members (excludes halogenated alkanes) is 20. The Kier molecular flexibility index (Phi) is 45.3. The Morgan fingerprint density at radius 1 is 0.507 bits per heavy atom. The molecule has 1 aliphatic rings. The Bertz CT molecular complexity index is 1400. The predicted molar refractivity (Wildman–Crippen MR) is 290 cm³/mol. The molecule has 7 atom stereocenters. The second-order valence-corrected chi connectivity index (χ2v) is 19.0. The van der Waals surface area contributed by atoms with Crippen LogP contribution in [0.2, 0.25) is 0 Å². The maximum Gasteiger partial charge on any atom is 0.220 e. The van der Waals surface area contributed by atoms with Crippen molar-refractivity contribution in [2.24, 2.45) is 0 Å². The lowest BCUT2D eigenvalue weighted by Crippen LogP contribution is -2.60. The molecule has 1 fully saturated rings. The van der Waals surface area contributed by atoms with E-state index in [9.17, 15) is 30.3 Å². The van der Waals surface area contributed by atoms with Gasteiger partial charge in [-0.2, -0.15) is 0 Å². The van der Waals surface area contributed by atoms with Gasteiger partial charge >= 0.3 is 0 Å². The summed E-state index contributed by atoms with van der Waals surface area (Å²) < 4.78 is 11.3. The van der Waals surface area contributed by atoms with Crippen molar-refractivity contribution in [1.29, 1.82) is 0 Å². The number of ether oxygens (including phenoxy) is 2. The van der Waals surface area contributed by atoms with Gasteiger partial charge in [0.1, 0.15) is 24.4 Å². The third-order valence-electron chi connectivity index (χ3n) is 12.7. The lowest BCUT2D eigenvalue weighted by molar-refractivity contribution is -0.302. The lowest BCUT2D eigenvalue weighted by Gasteiger charge is -2.40. The molecule has 0 aliphatic carbocycles. The normalized spacial score (nSPS) is 20.2. The summed E-state index contributed by atoms with van der Waals surface area (Å²) in [6, 6.07) is -0.726. The summed E-state index contributed by atoms with van der Waals surface area (Å²) in [6.45, 7) is 3.70. The van der Waals surface area contributed by atoms with Crippen molar-refractivity contribution >= 4 is 5.91 Å². The quantitative estimate of drug-likeness (QED) is 0.0261. The summed E-state index contributed by atoms with van der Waals surface area (Å²) >= 11 is 0. The van der Waals surface area contributed by atoms with Crippen LogP contribution in [0.15, 0.2) is 97.2 Å². The molecule has 6 N–H and O–H groups in total. The Hall–Kier alpha value is -2.89. The number of nitrogens with one attached hydrogen (secondary N) is 1. The first-order chi connectivity index (χ1) is 33.8. The number of rotatable bonds is 46. The van der Waals surface area contributed by atoms with Crippen molar-refractivity contribution in [1.82, 2.24) is 5.32 Å². The second kappa shape index (κ2) is 48.7. The van der Waals surface area contributed by atoms with Crippen molar-refractivity contribution in [2.75, 3.05) is 13.2 Å². The Labute approximate surface area is 422 Å². The fourth-order valence-electron chi connectivity index (χ4n) is 8.29. The van der Waals surface area contributed by atoms with E-state index in [1.807, 2.05) is 0 Å². The zero-order valence-electron chi connectivity index (χ0n) is 43.8. The van der Waals surface area contributed by atoms with Gasteiger partial charge < -0.3 is 40.3 Å². The van der Waals surface area contributed by atoms with E-state index in [1.165, 1.54) is 96.3 Å². The molecule has 0 bridgehead atoms. The zero-order valence-corrected chi connectivity index (χ0v) is 43.8. The van der Waals surface area contributed by atoms with E-state index in [2.05, 4.69) is 116 Å². The summed E-state index contributed by atoms with van der Waals surface area (Å²) in [5, 5.41) is 54.4. The molecule has 1 saturated heterocycles. The number of aliphatic hydroxyl groups is 5. The molecule has 0 aromatic rings. The summed E-state index contributed by atoms with van der Waals surface area (Å²) in [5.74, 6) is -0.154. The smallest absolute Gasteiger partial charge is 0.220 e. The lowest BCUT2D eigenvalue weighted by atomic mass is 9.99. The van der Waals surface area contributed by atoms with Gasteiger partial charge in [-0.3, -0.25) is 4.79 Å². The standard InChI is InChI=1S/C60H103NO8/c1-3-5-7-9-11-13-15-16-17-18-19-20-21-22-23-24-25-26-27-28-29-30-31-32-33-34-35-36-37-38-40-42-44-46-48-50-56(64)61-53(52-68-60-59(67)58(66)57(65)55(51-62)69-60)54(63)49-47-45-43-41-39-14-12-10-8-6-4-2/h5,7,11,13,16-17,19-20,22-23,25-26,28-29,31-32,53-55,57-60,62-63,65-67H,3-4,6,8-10,12,14-15,18,21,24,27,30,33-52H2,1-2H3,(H,61,64)/b7-5-,13-11-,17-16-,20-19-,23-22-,26-25-,29-28-,32-31-. The SMILES string of the molecule is CC/C=C\C/C=C\C/C=C\C/C=C\C/C=C\C/C=C\C/C=C\C/C=C\CCCCCCCCCCCCC(=O)NC(COC1OC(CO)C(O)C(O)C1O)C(O)CCCCCCCCCCCCC. The van der Waals surface area contributed by atoms with Crippen molar-refractivity contribution in [3.63, 3.8) is 0 Å². The van der Waals surface area contributed by atoms with E-state index in [4.69, 9.17) is 9.47 Å². The van der Waals surface area contributed by atoms with E-state index in [-0.39, 0.29) is 12.5 Å². The van der Waals surface area contributed by atoms with Gasteiger partial charge in [0.05, 0.1) is 25.4 Å². The fourth-order valence-corrected chi connectivity index (χ4v) is 8.29. The molecular formula is C60H103NO8. The Morgan fingerprint density at radius 3 is 1.33 bits per heavy atom. The van der Waals surface area contributed by atoms with Crippen LogP contribution in [-0.4, -0.2) is 87.5 Å². The molecule has 0 aromatic carbocycles. The first kappa shape index (κ1) is 64.1. The van der Waals surface area contributed by atoms with Gasteiger partial charge in [0.2, 0.25) is 5.91 Å². The summed E-state index contributed by atoms with van der Waals surface area (Å²) in [6.07, 6.45) is 62.9. The third kappa shape index (κ3) is 38.5. The molecule has 1 heterocycles. The topological polar surface area (TPSA) is 149 Å². The minimum absolute atomic E-state index is 0.144. The van der Waals surface area contributed by atoms with E-state index < -0.39 is 49.5 Å². The molecule has 7 unspecified atom stereocenters. The highest BCUT2D eigenvalue weighted by Crippen LogP contribution is 2.23. The van der Waals surface area contributed by atoms with Crippen LogP contribution in [0.25, 0.3) is 0 Å². The average molecular weight is 966 g/mol. The Morgan fingerprint density at radius 2 is 0.899 bits per heavy atom. The molecule has 1 aliphatic heterocycles. The van der Waals surface area contributed by atoms with E-state index in [0.29, 0.717) is 12.8 Å². The third-order valence-corrected chi connectivity index (χ3v) is 12.7. The van der Waals surface area contributed by atoms with E-state index in [1.54, 1.807) is 0 Å². The van der Waals surface area contributed by atoms with Gasteiger partial charge in [-0.05, 0) is 77.0 Å². The van der Waals surface area contributed by atoms with Crippen LogP contribution in [0.5, 0.6) is 0 Å². The molecule has 0 aromatic heterocycles. The van der Waals surface area contributed by atoms with Gasteiger partial charge in [-0.25, -0.2) is 0 Å². The van der Waals surface area contributed by atoms with Crippen LogP contribution in [0, 0.1) is 0 Å². The average Bonchev–Trinajstić information content (AvgIpc) is 3.35. The van der Waals surface area contributed by atoms with Crippen molar-refractivity contribution in [3.05, 3.63) is 97.2 Å². The molecule has 1 rings (SSSR count). The summed E-state index contributed by atoms with van der Waals surface area (Å²) in [7, 11) is 0. The maximum absolute atomic E-state index is 13.0. The maximum atomic E-state index is 13.0. The van der Waals surface area contributed by atoms with Crippen LogP contribution in [-0.2, 0) is 14.3 Å². The van der Waals surface area contributed by atoms with Gasteiger partial charge in [0, 0.05) is 6.42 Å². The summed E-state index contributed by atoms with van der Waals surface area (Å²) in [5.41, 5.74) is 0. The molecule has 9 heteroatoms. The Balaban J connectivity index is 2.14. The summed E-state index contributed by atoms with van der Waals surface area (Å²) in [4.78, 5) is 13.0. The van der Waals surface area contributed by atoms with Gasteiger partial charge in [-0.15, -0.1) is 0 Å². The van der Waals surface area contributed by atoms with Crippen molar-refractivity contribution < 1.29 is 39.8 Å². The molecule has 1 amide bonds. The first-order valence-corrected chi connectivity index (χ1v) is 27.9. The van der Waals surface area contributed by atoms with Crippen LogP contribution in [0.1, 0.15) is 219 Å². The highest BCUT2D eigenvalue weighted by atomic mass is 16.7. The number of carbonyl (C=O) groups is 1. The van der Waals surface area contributed by atoms with Crippen LogP contribution < -0.4 is 5.32 Å². The molecule has 0 saturated carbocycles. The molecular weight excluding hydrogens is 863 g/mol. The molecule has 9 nitrogen and oxygen atoms in total. The zero-order chi connectivity index (χ0) is 50.1. The predicted octanol–water partition coefficient (Wildman–Crippen LogP) is 13.6. The van der Waals surface area contributed by atoms with Gasteiger partial charge in [0.25, 0.3) is 0 Å². The highest BCUT2D eigenvalue weighted by molar-refractivity contribution is 5.76. The number of hydrogen-bond acceptors (Lipinski definition) is 8.